The Balaban J connectivity index is 0.00000274. The van der Waals surface area contributed by atoms with E-state index in [1.807, 2.05) is 0 Å². The molecule has 1 radical (unpaired) electrons. The molecule has 5 aliphatic carbocycles. The molecule has 34 heavy (non-hydrogen) atoms. The van der Waals surface area contributed by atoms with E-state index in [1.54, 1.807) is 0 Å². The van der Waals surface area contributed by atoms with Crippen molar-refractivity contribution in [2.24, 2.45) is 56.7 Å². The van der Waals surface area contributed by atoms with Crippen LogP contribution in [-0.2, 0) is 4.79 Å². The summed E-state index contributed by atoms with van der Waals surface area (Å²) in [7, 11) is 0. The minimum absolute atomic E-state index is 0. The maximum atomic E-state index is 12.8. The van der Waals surface area contributed by atoms with Gasteiger partial charge in [-0.1, -0.05) is 46.8 Å². The second-order valence-corrected chi connectivity index (χ2v) is 14.5. The molecular formula is C30H48AcO3. The molecule has 0 bridgehead atoms. The van der Waals surface area contributed by atoms with Crippen molar-refractivity contribution in [3.05, 3.63) is 12.2 Å². The van der Waals surface area contributed by atoms with Gasteiger partial charge in [0.1, 0.15) is 0 Å². The number of hydrogen-bond acceptors (Lipinski definition) is 2. The minimum Gasteiger partial charge on any atom is -0.481 e. The Hall–Kier alpha value is 0.612. The molecule has 0 amide bonds. The molecule has 5 saturated carbocycles. The number of carboxylic acids is 1. The Morgan fingerprint density at radius 3 is 2.12 bits per heavy atom. The summed E-state index contributed by atoms with van der Waals surface area (Å²) in [5.41, 5.74) is 1.35. The van der Waals surface area contributed by atoms with Crippen LogP contribution in [0.15, 0.2) is 12.2 Å². The van der Waals surface area contributed by atoms with Crippen molar-refractivity contribution in [1.29, 1.82) is 0 Å². The summed E-state index contributed by atoms with van der Waals surface area (Å²) in [6.45, 7) is 18.8. The van der Waals surface area contributed by atoms with E-state index in [1.165, 1.54) is 31.3 Å². The summed E-state index contributed by atoms with van der Waals surface area (Å²) < 4.78 is 0. The number of aliphatic carboxylic acids is 1. The van der Waals surface area contributed by atoms with Crippen LogP contribution in [0.4, 0.5) is 0 Å². The van der Waals surface area contributed by atoms with Crippen molar-refractivity contribution < 1.29 is 59.1 Å². The van der Waals surface area contributed by atoms with E-state index < -0.39 is 11.4 Å². The summed E-state index contributed by atoms with van der Waals surface area (Å²) in [5.74, 6) is 1.79. The first kappa shape index (κ1) is 27.6. The third-order valence-electron chi connectivity index (χ3n) is 13.5. The summed E-state index contributed by atoms with van der Waals surface area (Å²) in [6.07, 6.45) is 10.5. The number of carboxylic acid groups (broad SMARTS) is 1. The van der Waals surface area contributed by atoms with Crippen molar-refractivity contribution in [3.8, 4) is 0 Å². The number of hydrogen-bond donors (Lipinski definition) is 2. The normalized spacial score (nSPS) is 53.4. The zero-order valence-corrected chi connectivity index (χ0v) is 27.4. The zero-order chi connectivity index (χ0) is 24.2. The Labute approximate surface area is 243 Å². The summed E-state index contributed by atoms with van der Waals surface area (Å²) in [6, 6.07) is 0. The molecule has 5 fully saturated rings. The van der Waals surface area contributed by atoms with Gasteiger partial charge in [0.25, 0.3) is 0 Å². The van der Waals surface area contributed by atoms with Gasteiger partial charge in [0.15, 0.2) is 0 Å². The van der Waals surface area contributed by atoms with Crippen molar-refractivity contribution in [2.45, 2.75) is 112 Å². The molecule has 3 nitrogen and oxygen atoms in total. The van der Waals surface area contributed by atoms with Crippen LogP contribution in [0, 0.1) is 101 Å². The zero-order valence-electron chi connectivity index (χ0n) is 22.6. The summed E-state index contributed by atoms with van der Waals surface area (Å²) in [5, 5.41) is 21.4. The van der Waals surface area contributed by atoms with E-state index in [4.69, 9.17) is 0 Å². The fourth-order valence-electron chi connectivity index (χ4n) is 11.5. The van der Waals surface area contributed by atoms with Crippen LogP contribution in [0.2, 0.25) is 0 Å². The first-order valence-corrected chi connectivity index (χ1v) is 13.8. The Kier molecular flexibility index (Phi) is 6.96. The monoisotopic (exact) mass is 683 g/mol. The number of fused-ring (bicyclic) bond motifs is 7. The third kappa shape index (κ3) is 3.28. The van der Waals surface area contributed by atoms with Crippen LogP contribution < -0.4 is 0 Å². The van der Waals surface area contributed by atoms with Gasteiger partial charge in [-0.15, -0.1) is 0 Å². The molecule has 0 aromatic heterocycles. The van der Waals surface area contributed by atoms with Gasteiger partial charge in [0, 0.05) is 44.1 Å². The maximum Gasteiger partial charge on any atom is 0.309 e. The molecule has 0 aromatic carbocycles. The molecular weight excluding hydrogens is 635 g/mol. The molecule has 4 heteroatoms. The summed E-state index contributed by atoms with van der Waals surface area (Å²) in [4.78, 5) is 12.8. The maximum absolute atomic E-state index is 12.8. The first-order chi connectivity index (χ1) is 15.3. The number of allylic oxidation sites excluding steroid dienone is 1. The Morgan fingerprint density at radius 2 is 1.50 bits per heavy atom. The van der Waals surface area contributed by atoms with Crippen molar-refractivity contribution in [1.82, 2.24) is 0 Å². The number of carbonyl (C=O) groups is 1. The van der Waals surface area contributed by atoms with Crippen molar-refractivity contribution in [2.75, 3.05) is 0 Å². The standard InChI is InChI=1S/C30H48O3.Ac/c1-18(2)19-10-15-30(25(32)33)17-16-28(6)20(24(19)30)8-9-22-27(5)13-12-23(31)26(3,4)21(27)11-14-29(22,28)7;/h19-24,31H,1,8-17H2,2-7H3,(H,32,33);/t19-,20+,21-,22+,23-,24+,27-,28+,29+,30-;/m0./s1. The van der Waals surface area contributed by atoms with Crippen LogP contribution in [0.5, 0.6) is 0 Å². The van der Waals surface area contributed by atoms with Gasteiger partial charge >= 0.3 is 5.97 Å². The van der Waals surface area contributed by atoms with Crippen LogP contribution in [0.25, 0.3) is 0 Å². The van der Waals surface area contributed by atoms with E-state index in [0.29, 0.717) is 23.7 Å². The Morgan fingerprint density at radius 1 is 0.824 bits per heavy atom. The average Bonchev–Trinajstić information content (AvgIpc) is 3.13. The molecule has 0 heterocycles. The predicted octanol–water partition coefficient (Wildman–Crippen LogP) is 7.09. The van der Waals surface area contributed by atoms with Gasteiger partial charge in [-0.05, 0) is 122 Å². The molecule has 0 aromatic rings. The number of aliphatic hydroxyl groups excluding tert-OH is 1. The van der Waals surface area contributed by atoms with Crippen molar-refractivity contribution >= 4 is 5.97 Å². The van der Waals surface area contributed by atoms with E-state index in [9.17, 15) is 15.0 Å². The van der Waals surface area contributed by atoms with Gasteiger partial charge in [0.05, 0.1) is 11.5 Å². The molecule has 0 aliphatic heterocycles. The average molecular weight is 684 g/mol. The summed E-state index contributed by atoms with van der Waals surface area (Å²) >= 11 is 0. The number of aliphatic hydroxyl groups is 1. The predicted molar refractivity (Wildman–Crippen MR) is 133 cm³/mol. The molecule has 0 spiro atoms. The quantitative estimate of drug-likeness (QED) is 0.306. The topological polar surface area (TPSA) is 57.5 Å². The van der Waals surface area contributed by atoms with Gasteiger partial charge < -0.3 is 10.2 Å². The molecule has 0 unspecified atom stereocenters. The molecule has 5 rings (SSSR count). The van der Waals surface area contributed by atoms with Crippen molar-refractivity contribution in [3.63, 3.8) is 0 Å². The van der Waals surface area contributed by atoms with Gasteiger partial charge in [-0.3, -0.25) is 4.79 Å². The second-order valence-electron chi connectivity index (χ2n) is 14.5. The van der Waals surface area contributed by atoms with E-state index >= 15 is 0 Å². The van der Waals surface area contributed by atoms with Crippen LogP contribution in [-0.4, -0.2) is 22.3 Å². The van der Waals surface area contributed by atoms with Crippen LogP contribution in [0.3, 0.4) is 0 Å². The molecule has 189 valence electrons. The minimum atomic E-state index is -0.538. The van der Waals surface area contributed by atoms with Gasteiger partial charge in [0.2, 0.25) is 0 Å². The van der Waals surface area contributed by atoms with E-state index in [2.05, 4.69) is 48.1 Å². The largest absolute Gasteiger partial charge is 0.481 e. The fraction of sp³-hybridized carbons (Fsp3) is 0.900. The smallest absolute Gasteiger partial charge is 0.309 e. The molecule has 10 atom stereocenters. The molecule has 0 saturated heterocycles. The molecule has 2 N–H and O–H groups in total. The third-order valence-corrected chi connectivity index (χ3v) is 13.5. The first-order valence-electron chi connectivity index (χ1n) is 13.8. The van der Waals surface area contributed by atoms with E-state index in [-0.39, 0.29) is 77.7 Å². The molecule has 5 aliphatic rings. The second kappa shape index (κ2) is 8.56. The van der Waals surface area contributed by atoms with Gasteiger partial charge in [-0.25, -0.2) is 0 Å². The SMILES string of the molecule is C=C(C)[C@@H]1CC[C@]2(C(=O)O)CC[C@]3(C)[C@H](CC[C@@H]4[C@@]5(C)CC[C@H](O)C(C)(C)[C@@H]5CC[C@]43C)[C@@H]12.[Ac]. The fourth-order valence-corrected chi connectivity index (χ4v) is 11.5. The van der Waals surface area contributed by atoms with Crippen LogP contribution in [0.1, 0.15) is 106 Å². The number of rotatable bonds is 2. The Bertz CT molecular complexity index is 867. The van der Waals surface area contributed by atoms with E-state index in [0.717, 1.165) is 38.5 Å². The van der Waals surface area contributed by atoms with Crippen LogP contribution >= 0.6 is 0 Å². The van der Waals surface area contributed by atoms with Gasteiger partial charge in [-0.2, -0.15) is 0 Å².